The molecule has 0 spiro atoms. The van der Waals surface area contributed by atoms with Gasteiger partial charge in [0.15, 0.2) is 9.84 Å². The summed E-state index contributed by atoms with van der Waals surface area (Å²) in [5.41, 5.74) is 0. The lowest BCUT2D eigenvalue weighted by Crippen LogP contribution is -2.34. The van der Waals surface area contributed by atoms with Crippen LogP contribution in [-0.2, 0) is 9.84 Å². The average molecular weight is 237 g/mol. The van der Waals surface area contributed by atoms with Gasteiger partial charge in [0.2, 0.25) is 0 Å². The Hall–Kier alpha value is -0.170. The van der Waals surface area contributed by atoms with E-state index in [1.807, 2.05) is 0 Å². The van der Waals surface area contributed by atoms with Crippen LogP contribution in [0.4, 0.5) is 0 Å². The second kappa shape index (κ2) is 5.79. The first-order valence-corrected chi connectivity index (χ1v) is 7.05. The highest BCUT2D eigenvalue weighted by atomic mass is 32.2. The van der Waals surface area contributed by atoms with Crippen LogP contribution in [0.2, 0.25) is 0 Å². The average Bonchev–Trinajstić information content (AvgIpc) is 2.17. The van der Waals surface area contributed by atoms with Crippen LogP contribution in [0, 0.1) is 5.92 Å². The maximum atomic E-state index is 11.6. The van der Waals surface area contributed by atoms with Crippen LogP contribution >= 0.6 is 0 Å². The van der Waals surface area contributed by atoms with E-state index in [2.05, 4.69) is 5.32 Å². The van der Waals surface area contributed by atoms with Crippen molar-refractivity contribution in [2.75, 3.05) is 31.2 Å². The monoisotopic (exact) mass is 237 g/mol. The first-order valence-electron chi connectivity index (χ1n) is 5.23. The fraction of sp³-hybridized carbons (Fsp3) is 1.00. The summed E-state index contributed by atoms with van der Waals surface area (Å²) in [6, 6.07) is 0. The fourth-order valence-corrected chi connectivity index (χ4v) is 3.70. The fourth-order valence-electron chi connectivity index (χ4n) is 1.82. The summed E-state index contributed by atoms with van der Waals surface area (Å²) < 4.78 is 23.2. The van der Waals surface area contributed by atoms with Gasteiger partial charge in [-0.05, 0) is 31.8 Å². The van der Waals surface area contributed by atoms with E-state index in [4.69, 9.17) is 10.2 Å². The van der Waals surface area contributed by atoms with Crippen molar-refractivity contribution in [2.45, 2.75) is 18.9 Å². The van der Waals surface area contributed by atoms with Gasteiger partial charge in [-0.1, -0.05) is 0 Å². The number of sulfone groups is 1. The van der Waals surface area contributed by atoms with Gasteiger partial charge in [0, 0.05) is 0 Å². The van der Waals surface area contributed by atoms with Crippen LogP contribution < -0.4 is 5.32 Å². The molecule has 5 nitrogen and oxygen atoms in total. The van der Waals surface area contributed by atoms with E-state index in [0.717, 1.165) is 25.9 Å². The molecule has 1 fully saturated rings. The summed E-state index contributed by atoms with van der Waals surface area (Å²) in [4.78, 5) is 0. The summed E-state index contributed by atoms with van der Waals surface area (Å²) in [6.45, 7) is 1.23. The van der Waals surface area contributed by atoms with Gasteiger partial charge in [-0.25, -0.2) is 8.42 Å². The molecule has 6 heteroatoms. The topological polar surface area (TPSA) is 86.6 Å². The lowest BCUT2D eigenvalue weighted by Gasteiger charge is -2.22. The van der Waals surface area contributed by atoms with Crippen molar-refractivity contribution in [1.29, 1.82) is 0 Å². The van der Waals surface area contributed by atoms with Crippen molar-refractivity contribution < 1.29 is 18.6 Å². The van der Waals surface area contributed by atoms with Gasteiger partial charge in [-0.3, -0.25) is 0 Å². The Morgan fingerprint density at radius 3 is 2.47 bits per heavy atom. The van der Waals surface area contributed by atoms with E-state index < -0.39 is 22.5 Å². The van der Waals surface area contributed by atoms with Crippen LogP contribution in [0.1, 0.15) is 12.8 Å². The highest BCUT2D eigenvalue weighted by Gasteiger charge is 2.23. The van der Waals surface area contributed by atoms with Gasteiger partial charge in [0.25, 0.3) is 0 Å². The van der Waals surface area contributed by atoms with Crippen LogP contribution in [0.5, 0.6) is 0 Å². The van der Waals surface area contributed by atoms with Crippen LogP contribution in [0.15, 0.2) is 0 Å². The van der Waals surface area contributed by atoms with Crippen molar-refractivity contribution in [1.82, 2.24) is 5.32 Å². The number of hydrogen-bond acceptors (Lipinski definition) is 5. The highest BCUT2D eigenvalue weighted by Crippen LogP contribution is 2.14. The maximum absolute atomic E-state index is 11.6. The number of nitrogens with one attached hydrogen (secondary N) is 1. The Morgan fingerprint density at radius 1 is 1.33 bits per heavy atom. The van der Waals surface area contributed by atoms with E-state index in [0.29, 0.717) is 0 Å². The van der Waals surface area contributed by atoms with Crippen molar-refractivity contribution >= 4 is 9.84 Å². The van der Waals surface area contributed by atoms with Gasteiger partial charge < -0.3 is 15.5 Å². The predicted octanol–water partition coefficient (Wildman–Crippen LogP) is -1.25. The van der Waals surface area contributed by atoms with Gasteiger partial charge in [-0.2, -0.15) is 0 Å². The normalized spacial score (nSPS) is 21.5. The molecular formula is C9H19NO4S. The number of aliphatic hydroxyl groups is 2. The highest BCUT2D eigenvalue weighted by molar-refractivity contribution is 7.91. The van der Waals surface area contributed by atoms with Gasteiger partial charge >= 0.3 is 0 Å². The molecule has 1 aliphatic heterocycles. The minimum absolute atomic E-state index is 0.131. The maximum Gasteiger partial charge on any atom is 0.153 e. The lowest BCUT2D eigenvalue weighted by molar-refractivity contribution is 0.112. The molecule has 0 aromatic heterocycles. The summed E-state index contributed by atoms with van der Waals surface area (Å²) in [6.07, 6.45) is 0.597. The number of rotatable bonds is 5. The molecular weight excluding hydrogens is 218 g/mol. The third kappa shape index (κ3) is 4.92. The molecule has 90 valence electrons. The third-order valence-electron chi connectivity index (χ3n) is 2.61. The Balaban J connectivity index is 2.40. The first kappa shape index (κ1) is 12.9. The molecule has 0 aromatic rings. The molecule has 1 aliphatic rings. The molecule has 1 saturated heterocycles. The van der Waals surface area contributed by atoms with E-state index >= 15 is 0 Å². The SMILES string of the molecule is O=S(=O)(CC(O)CO)CC1CCNCC1. The summed E-state index contributed by atoms with van der Waals surface area (Å²) in [7, 11) is -3.23. The first-order chi connectivity index (χ1) is 7.03. The number of aliphatic hydroxyl groups excluding tert-OH is 2. The van der Waals surface area contributed by atoms with Gasteiger partial charge in [0.05, 0.1) is 24.2 Å². The molecule has 15 heavy (non-hydrogen) atoms. The zero-order chi connectivity index (χ0) is 11.3. The zero-order valence-electron chi connectivity index (χ0n) is 8.72. The summed E-state index contributed by atoms with van der Waals surface area (Å²) in [5, 5.41) is 20.8. The van der Waals surface area contributed by atoms with Crippen LogP contribution in [0.3, 0.4) is 0 Å². The second-order valence-electron chi connectivity index (χ2n) is 4.11. The smallest absolute Gasteiger partial charge is 0.153 e. The van der Waals surface area contributed by atoms with Crippen molar-refractivity contribution in [3.63, 3.8) is 0 Å². The largest absolute Gasteiger partial charge is 0.394 e. The van der Waals surface area contributed by atoms with E-state index in [1.165, 1.54) is 0 Å². The van der Waals surface area contributed by atoms with Crippen molar-refractivity contribution in [2.24, 2.45) is 5.92 Å². The van der Waals surface area contributed by atoms with Gasteiger partial charge in [0.1, 0.15) is 0 Å². The number of hydrogen-bond donors (Lipinski definition) is 3. The predicted molar refractivity (Wildman–Crippen MR) is 57.3 cm³/mol. The van der Waals surface area contributed by atoms with Crippen molar-refractivity contribution in [3.05, 3.63) is 0 Å². The molecule has 0 saturated carbocycles. The second-order valence-corrected chi connectivity index (χ2v) is 6.26. The molecule has 1 rings (SSSR count). The summed E-state index contributed by atoms with van der Waals surface area (Å²) in [5.74, 6) is 0.00116. The third-order valence-corrected chi connectivity index (χ3v) is 4.48. The molecule has 0 radical (unpaired) electrons. The Morgan fingerprint density at radius 2 is 1.93 bits per heavy atom. The van der Waals surface area contributed by atoms with Crippen LogP contribution in [-0.4, -0.2) is 55.9 Å². The Labute approximate surface area is 90.4 Å². The van der Waals surface area contributed by atoms with Gasteiger partial charge in [-0.15, -0.1) is 0 Å². The minimum Gasteiger partial charge on any atom is -0.394 e. The van der Waals surface area contributed by atoms with E-state index in [9.17, 15) is 8.42 Å². The summed E-state index contributed by atoms with van der Waals surface area (Å²) >= 11 is 0. The molecule has 0 aromatic carbocycles. The molecule has 0 aliphatic carbocycles. The molecule has 1 atom stereocenters. The molecule has 0 amide bonds. The lowest BCUT2D eigenvalue weighted by atomic mass is 10.0. The molecule has 0 bridgehead atoms. The van der Waals surface area contributed by atoms with Crippen molar-refractivity contribution in [3.8, 4) is 0 Å². The van der Waals surface area contributed by atoms with E-state index in [1.54, 1.807) is 0 Å². The van der Waals surface area contributed by atoms with Crippen LogP contribution in [0.25, 0.3) is 0 Å². The standard InChI is InChI=1S/C9H19NO4S/c11-5-9(12)7-15(13,14)6-8-1-3-10-4-2-8/h8-12H,1-7H2. The Kier molecular flexibility index (Phi) is 4.98. The Bertz CT molecular complexity index is 272. The molecule has 3 N–H and O–H groups in total. The van der Waals surface area contributed by atoms with E-state index in [-0.39, 0.29) is 17.4 Å². The molecule has 1 unspecified atom stereocenters. The minimum atomic E-state index is -3.23. The number of piperidine rings is 1. The zero-order valence-corrected chi connectivity index (χ0v) is 9.54. The quantitative estimate of drug-likeness (QED) is 0.556. The molecule has 1 heterocycles.